The molecular weight excluding hydrogens is 242 g/mol. The Morgan fingerprint density at radius 2 is 2.32 bits per heavy atom. The molecule has 0 spiro atoms. The third kappa shape index (κ3) is 2.67. The quantitative estimate of drug-likeness (QED) is 0.880. The van der Waals surface area contributed by atoms with Crippen LogP contribution in [0.15, 0.2) is 18.5 Å². The Kier molecular flexibility index (Phi) is 3.31. The van der Waals surface area contributed by atoms with Gasteiger partial charge >= 0.3 is 0 Å². The molecule has 0 amide bonds. The van der Waals surface area contributed by atoms with Gasteiger partial charge in [-0.2, -0.15) is 10.1 Å². The monoisotopic (exact) mass is 258 g/mol. The number of hydrogen-bond acceptors (Lipinski definition) is 5. The van der Waals surface area contributed by atoms with Gasteiger partial charge in [-0.3, -0.25) is 10.1 Å². The maximum Gasteiger partial charge on any atom is 0.233 e. The Hall–Kier alpha value is -2.11. The number of aromatic amines is 1. The average Bonchev–Trinajstić information content (AvgIpc) is 3.09. The molecule has 2 heterocycles. The van der Waals surface area contributed by atoms with E-state index in [0.29, 0.717) is 17.6 Å². The number of rotatable bonds is 4. The second-order valence-electron chi connectivity index (χ2n) is 4.58. The van der Waals surface area contributed by atoms with Gasteiger partial charge in [-0.05, 0) is 25.7 Å². The van der Waals surface area contributed by atoms with Gasteiger partial charge in [0.05, 0.1) is 19.5 Å². The highest BCUT2D eigenvalue weighted by Crippen LogP contribution is 2.33. The lowest BCUT2D eigenvalue weighted by Gasteiger charge is -2.04. The Labute approximate surface area is 111 Å². The van der Waals surface area contributed by atoms with Crippen LogP contribution in [0.1, 0.15) is 30.9 Å². The van der Waals surface area contributed by atoms with Crippen molar-refractivity contribution in [2.45, 2.75) is 25.2 Å². The molecule has 2 aromatic heterocycles. The molecule has 1 atom stereocenters. The lowest BCUT2D eigenvalue weighted by Crippen LogP contribution is -1.97. The van der Waals surface area contributed by atoms with Gasteiger partial charge in [-0.25, -0.2) is 0 Å². The summed E-state index contributed by atoms with van der Waals surface area (Å²) in [5.41, 5.74) is 1.17. The Bertz CT molecular complexity index is 547. The molecule has 0 saturated heterocycles. The van der Waals surface area contributed by atoms with Crippen molar-refractivity contribution in [1.82, 2.24) is 20.2 Å². The van der Waals surface area contributed by atoms with Crippen molar-refractivity contribution < 1.29 is 4.74 Å². The molecule has 0 aromatic carbocycles. The van der Waals surface area contributed by atoms with Crippen LogP contribution < -0.4 is 10.1 Å². The van der Waals surface area contributed by atoms with E-state index < -0.39 is 0 Å². The summed E-state index contributed by atoms with van der Waals surface area (Å²) in [5.74, 6) is 2.42. The minimum atomic E-state index is 0.478. The van der Waals surface area contributed by atoms with E-state index in [1.54, 1.807) is 19.5 Å². The fourth-order valence-electron chi connectivity index (χ4n) is 2.29. The first-order chi connectivity index (χ1) is 9.35. The van der Waals surface area contributed by atoms with Crippen molar-refractivity contribution in [3.63, 3.8) is 0 Å². The van der Waals surface area contributed by atoms with E-state index in [1.807, 2.05) is 6.07 Å². The van der Waals surface area contributed by atoms with E-state index in [2.05, 4.69) is 31.9 Å². The normalized spacial score (nSPS) is 15.6. The maximum absolute atomic E-state index is 5.03. The van der Waals surface area contributed by atoms with Gasteiger partial charge in [-0.15, -0.1) is 0 Å². The molecule has 19 heavy (non-hydrogen) atoms. The molecule has 2 aromatic rings. The predicted octanol–water partition coefficient (Wildman–Crippen LogP) is 2.42. The van der Waals surface area contributed by atoms with Gasteiger partial charge in [0.15, 0.2) is 11.6 Å². The predicted molar refractivity (Wildman–Crippen MR) is 71.3 cm³/mol. The molecule has 0 aliphatic heterocycles. The number of H-pyrrole nitrogens is 1. The Balaban J connectivity index is 1.72. The topological polar surface area (TPSA) is 75.7 Å². The largest absolute Gasteiger partial charge is 0.480 e. The van der Waals surface area contributed by atoms with Gasteiger partial charge < -0.3 is 10.1 Å². The third-order valence-corrected chi connectivity index (χ3v) is 3.29. The molecule has 99 valence electrons. The number of methoxy groups -OCH3 is 1. The van der Waals surface area contributed by atoms with Gasteiger partial charge in [0.1, 0.15) is 0 Å². The third-order valence-electron chi connectivity index (χ3n) is 3.29. The van der Waals surface area contributed by atoms with E-state index in [4.69, 9.17) is 4.74 Å². The van der Waals surface area contributed by atoms with Crippen LogP contribution in [0.2, 0.25) is 0 Å². The van der Waals surface area contributed by atoms with E-state index in [9.17, 15) is 0 Å². The second kappa shape index (κ2) is 5.26. The summed E-state index contributed by atoms with van der Waals surface area (Å²) in [4.78, 5) is 8.28. The molecule has 0 bridgehead atoms. The van der Waals surface area contributed by atoms with Crippen LogP contribution in [0.3, 0.4) is 0 Å². The molecule has 6 nitrogen and oxygen atoms in total. The standard InChI is InChI=1S/C13H16N5O/c1-19-13-8-14-7-12(16-13)15-11-6-10(17-18-11)9-4-2-3-5-9/h2,6-9H,3-5H2,1H3,(H2,15,16,17,18)/t9-/m0/s1. The van der Waals surface area contributed by atoms with Crippen molar-refractivity contribution in [1.29, 1.82) is 0 Å². The first-order valence-corrected chi connectivity index (χ1v) is 6.35. The summed E-state index contributed by atoms with van der Waals surface area (Å²) in [6, 6.07) is 2.03. The van der Waals surface area contributed by atoms with Crippen molar-refractivity contribution >= 4 is 11.6 Å². The molecule has 0 unspecified atom stereocenters. The van der Waals surface area contributed by atoms with E-state index in [-0.39, 0.29) is 0 Å². The van der Waals surface area contributed by atoms with Crippen LogP contribution in [-0.2, 0) is 0 Å². The van der Waals surface area contributed by atoms with Gasteiger partial charge in [0.2, 0.25) is 5.88 Å². The summed E-state index contributed by atoms with van der Waals surface area (Å²) in [6.45, 7) is 0. The fourth-order valence-corrected chi connectivity index (χ4v) is 2.29. The summed E-state index contributed by atoms with van der Waals surface area (Å²) < 4.78 is 5.03. The highest BCUT2D eigenvalue weighted by Gasteiger charge is 2.19. The van der Waals surface area contributed by atoms with Crippen LogP contribution in [0.4, 0.5) is 11.6 Å². The second-order valence-corrected chi connectivity index (χ2v) is 4.58. The van der Waals surface area contributed by atoms with Crippen LogP contribution in [-0.4, -0.2) is 27.3 Å². The number of nitrogens with zero attached hydrogens (tertiary/aromatic N) is 3. The zero-order valence-corrected chi connectivity index (χ0v) is 10.8. The first-order valence-electron chi connectivity index (χ1n) is 6.35. The minimum Gasteiger partial charge on any atom is -0.480 e. The number of nitrogens with one attached hydrogen (secondary N) is 2. The van der Waals surface area contributed by atoms with Crippen LogP contribution >= 0.6 is 0 Å². The van der Waals surface area contributed by atoms with Crippen molar-refractivity contribution in [3.05, 3.63) is 30.6 Å². The molecule has 1 radical (unpaired) electrons. The van der Waals surface area contributed by atoms with Crippen molar-refractivity contribution in [2.24, 2.45) is 0 Å². The molecule has 1 aliphatic carbocycles. The minimum absolute atomic E-state index is 0.478. The summed E-state index contributed by atoms with van der Waals surface area (Å²) in [7, 11) is 1.57. The number of hydrogen-bond donors (Lipinski definition) is 2. The van der Waals surface area contributed by atoms with E-state index >= 15 is 0 Å². The van der Waals surface area contributed by atoms with Crippen molar-refractivity contribution in [2.75, 3.05) is 12.4 Å². The average molecular weight is 258 g/mol. The fraction of sp³-hybridized carbons (Fsp3) is 0.385. The molecule has 3 rings (SSSR count). The molecule has 1 fully saturated rings. The van der Waals surface area contributed by atoms with E-state index in [0.717, 1.165) is 12.2 Å². The van der Waals surface area contributed by atoms with Gasteiger partial charge in [-0.1, -0.05) is 0 Å². The lowest BCUT2D eigenvalue weighted by atomic mass is 10.0. The number of aromatic nitrogens is 4. The zero-order valence-electron chi connectivity index (χ0n) is 10.8. The van der Waals surface area contributed by atoms with Gasteiger partial charge in [0, 0.05) is 17.7 Å². The smallest absolute Gasteiger partial charge is 0.233 e. The Morgan fingerprint density at radius 1 is 1.37 bits per heavy atom. The molecule has 2 N–H and O–H groups in total. The van der Waals surface area contributed by atoms with Crippen LogP contribution in [0.25, 0.3) is 0 Å². The summed E-state index contributed by atoms with van der Waals surface area (Å²) in [6.07, 6.45) is 9.04. The first kappa shape index (κ1) is 12.0. The van der Waals surface area contributed by atoms with Crippen molar-refractivity contribution in [3.8, 4) is 5.88 Å². The zero-order chi connectivity index (χ0) is 13.1. The highest BCUT2D eigenvalue weighted by molar-refractivity contribution is 5.51. The summed E-state index contributed by atoms with van der Waals surface area (Å²) >= 11 is 0. The highest BCUT2D eigenvalue weighted by atomic mass is 16.5. The maximum atomic E-state index is 5.03. The SMILES string of the molecule is COc1cncc(Nc2cc([C@H]3C[CH]CC3)[nH]n2)n1. The van der Waals surface area contributed by atoms with Crippen LogP contribution in [0.5, 0.6) is 5.88 Å². The van der Waals surface area contributed by atoms with E-state index in [1.165, 1.54) is 18.5 Å². The molecule has 6 heteroatoms. The molecular formula is C13H16N5O. The van der Waals surface area contributed by atoms with Gasteiger partial charge in [0.25, 0.3) is 0 Å². The molecule has 1 aliphatic rings. The lowest BCUT2D eigenvalue weighted by molar-refractivity contribution is 0.396. The Morgan fingerprint density at radius 3 is 3.11 bits per heavy atom. The number of ether oxygens (including phenoxy) is 1. The molecule has 1 saturated carbocycles. The van der Waals surface area contributed by atoms with Crippen LogP contribution in [0, 0.1) is 6.42 Å². The summed E-state index contributed by atoms with van der Waals surface area (Å²) in [5, 5.41) is 10.5. The number of anilines is 2.